The van der Waals surface area contributed by atoms with Gasteiger partial charge in [-0.3, -0.25) is 0 Å². The molecule has 2 N–H and O–H groups in total. The van der Waals surface area contributed by atoms with E-state index in [2.05, 4.69) is 10.6 Å². The van der Waals surface area contributed by atoms with Crippen LogP contribution < -0.4 is 10.6 Å². The largest absolute Gasteiger partial charge is 0.467 e. The Morgan fingerprint density at radius 2 is 1.81 bits per heavy atom. The Labute approximate surface area is 125 Å². The first-order valence-electron chi connectivity index (χ1n) is 8.25. The first kappa shape index (κ1) is 13.2. The molecule has 0 saturated heterocycles. The molecule has 2 amide bonds. The maximum atomic E-state index is 12.0. The van der Waals surface area contributed by atoms with Crippen molar-refractivity contribution in [3.63, 3.8) is 0 Å². The van der Waals surface area contributed by atoms with E-state index >= 15 is 0 Å². The van der Waals surface area contributed by atoms with Gasteiger partial charge in [0, 0.05) is 6.54 Å². The predicted molar refractivity (Wildman–Crippen MR) is 79.6 cm³/mol. The summed E-state index contributed by atoms with van der Waals surface area (Å²) < 4.78 is 5.22. The smallest absolute Gasteiger partial charge is 0.315 e. The van der Waals surface area contributed by atoms with Gasteiger partial charge in [-0.2, -0.15) is 0 Å². The molecule has 4 aliphatic rings. The summed E-state index contributed by atoms with van der Waals surface area (Å²) in [5, 5.41) is 5.98. The molecule has 4 heteroatoms. The molecule has 0 spiro atoms. The van der Waals surface area contributed by atoms with Crippen LogP contribution >= 0.6 is 0 Å². The summed E-state index contributed by atoms with van der Waals surface area (Å²) in [4.78, 5) is 12.0. The minimum atomic E-state index is -0.0675. The Balaban J connectivity index is 1.29. The van der Waals surface area contributed by atoms with Crippen LogP contribution in [0.15, 0.2) is 22.8 Å². The summed E-state index contributed by atoms with van der Waals surface area (Å²) in [6.45, 7) is 1.31. The summed E-state index contributed by atoms with van der Waals surface area (Å²) in [5.74, 6) is 3.60. The highest BCUT2D eigenvalue weighted by molar-refractivity contribution is 5.73. The lowest BCUT2D eigenvalue weighted by Crippen LogP contribution is -2.52. The SMILES string of the molecule is O=C(NCc1ccco1)NCC12CC3CC(CC(C3)C1)C2. The number of hydrogen-bond acceptors (Lipinski definition) is 2. The van der Waals surface area contributed by atoms with E-state index < -0.39 is 0 Å². The molecule has 4 bridgehead atoms. The van der Waals surface area contributed by atoms with E-state index in [0.717, 1.165) is 30.1 Å². The molecule has 4 nitrogen and oxygen atoms in total. The Hall–Kier alpha value is -1.45. The van der Waals surface area contributed by atoms with Gasteiger partial charge in [0.25, 0.3) is 0 Å². The van der Waals surface area contributed by atoms with Crippen LogP contribution in [0.2, 0.25) is 0 Å². The quantitative estimate of drug-likeness (QED) is 0.893. The molecule has 0 radical (unpaired) electrons. The number of hydrogen-bond donors (Lipinski definition) is 2. The maximum absolute atomic E-state index is 12.0. The summed E-state index contributed by atoms with van der Waals surface area (Å²) in [6.07, 6.45) is 9.97. The monoisotopic (exact) mass is 288 g/mol. The van der Waals surface area contributed by atoms with E-state index in [1.165, 1.54) is 38.5 Å². The zero-order chi connectivity index (χ0) is 14.3. The van der Waals surface area contributed by atoms with Gasteiger partial charge in [0.2, 0.25) is 0 Å². The van der Waals surface area contributed by atoms with Gasteiger partial charge in [-0.05, 0) is 73.8 Å². The number of urea groups is 1. The fourth-order valence-electron chi connectivity index (χ4n) is 5.42. The summed E-state index contributed by atoms with van der Waals surface area (Å²) in [5.41, 5.74) is 0.400. The molecule has 4 saturated carbocycles. The number of rotatable bonds is 4. The van der Waals surface area contributed by atoms with Crippen molar-refractivity contribution in [3.8, 4) is 0 Å². The van der Waals surface area contributed by atoms with Crippen molar-refractivity contribution in [1.82, 2.24) is 10.6 Å². The van der Waals surface area contributed by atoms with Crippen LogP contribution in [0.1, 0.15) is 44.3 Å². The fourth-order valence-corrected chi connectivity index (χ4v) is 5.42. The Morgan fingerprint density at radius 1 is 1.14 bits per heavy atom. The van der Waals surface area contributed by atoms with Crippen molar-refractivity contribution in [2.75, 3.05) is 6.54 Å². The van der Waals surface area contributed by atoms with Crippen molar-refractivity contribution < 1.29 is 9.21 Å². The highest BCUT2D eigenvalue weighted by Crippen LogP contribution is 2.59. The third-order valence-electron chi connectivity index (χ3n) is 5.79. The van der Waals surface area contributed by atoms with Crippen LogP contribution in [-0.2, 0) is 6.54 Å². The van der Waals surface area contributed by atoms with Crippen molar-refractivity contribution in [2.24, 2.45) is 23.2 Å². The van der Waals surface area contributed by atoms with Crippen molar-refractivity contribution in [1.29, 1.82) is 0 Å². The lowest BCUT2D eigenvalue weighted by Gasteiger charge is -2.56. The number of carbonyl (C=O) groups is 1. The zero-order valence-electron chi connectivity index (χ0n) is 12.4. The molecular weight excluding hydrogens is 264 g/mol. The molecule has 4 fully saturated rings. The second kappa shape index (κ2) is 5.08. The van der Waals surface area contributed by atoms with Crippen molar-refractivity contribution in [2.45, 2.75) is 45.1 Å². The van der Waals surface area contributed by atoms with Crippen LogP contribution in [-0.4, -0.2) is 12.6 Å². The third-order valence-corrected chi connectivity index (χ3v) is 5.79. The molecule has 0 aromatic carbocycles. The highest BCUT2D eigenvalue weighted by Gasteiger charge is 2.50. The standard InChI is InChI=1S/C17H24N2O2/c20-16(18-10-15-2-1-3-21-15)19-11-17-7-12-4-13(8-17)6-14(5-12)9-17/h1-3,12-14H,4-11H2,(H2,18,19,20). The van der Waals surface area contributed by atoms with E-state index in [-0.39, 0.29) is 6.03 Å². The Bertz CT molecular complexity index is 474. The van der Waals surface area contributed by atoms with Crippen LogP contribution in [0.3, 0.4) is 0 Å². The Morgan fingerprint density at radius 3 is 2.38 bits per heavy atom. The van der Waals surface area contributed by atoms with Gasteiger partial charge in [0.15, 0.2) is 0 Å². The first-order chi connectivity index (χ1) is 10.2. The van der Waals surface area contributed by atoms with E-state index in [1.54, 1.807) is 6.26 Å². The summed E-state index contributed by atoms with van der Waals surface area (Å²) >= 11 is 0. The van der Waals surface area contributed by atoms with Gasteiger partial charge in [0.05, 0.1) is 12.8 Å². The zero-order valence-corrected chi connectivity index (χ0v) is 12.4. The predicted octanol–water partition coefficient (Wildman–Crippen LogP) is 3.30. The second-order valence-electron chi connectivity index (χ2n) is 7.53. The topological polar surface area (TPSA) is 54.3 Å². The maximum Gasteiger partial charge on any atom is 0.315 e. The van der Waals surface area contributed by atoms with Gasteiger partial charge >= 0.3 is 6.03 Å². The van der Waals surface area contributed by atoms with Gasteiger partial charge in [0.1, 0.15) is 5.76 Å². The van der Waals surface area contributed by atoms with Gasteiger partial charge < -0.3 is 15.1 Å². The Kier molecular flexibility index (Phi) is 3.20. The number of carbonyl (C=O) groups excluding carboxylic acids is 1. The van der Waals surface area contributed by atoms with Crippen LogP contribution in [0.25, 0.3) is 0 Å². The lowest BCUT2D eigenvalue weighted by molar-refractivity contribution is -0.0498. The summed E-state index contributed by atoms with van der Waals surface area (Å²) in [6, 6.07) is 3.64. The number of furan rings is 1. The summed E-state index contributed by atoms with van der Waals surface area (Å²) in [7, 11) is 0. The molecule has 1 aromatic heterocycles. The fraction of sp³-hybridized carbons (Fsp3) is 0.706. The van der Waals surface area contributed by atoms with E-state index in [0.29, 0.717) is 12.0 Å². The molecule has 0 aliphatic heterocycles. The minimum Gasteiger partial charge on any atom is -0.467 e. The molecule has 4 aliphatic carbocycles. The molecule has 21 heavy (non-hydrogen) atoms. The average molecular weight is 288 g/mol. The van der Waals surface area contributed by atoms with Crippen LogP contribution in [0.5, 0.6) is 0 Å². The number of amides is 2. The molecule has 1 heterocycles. The van der Waals surface area contributed by atoms with Gasteiger partial charge in [-0.25, -0.2) is 4.79 Å². The normalized spacial score (nSPS) is 36.7. The molecular formula is C17H24N2O2. The minimum absolute atomic E-state index is 0.0675. The first-order valence-corrected chi connectivity index (χ1v) is 8.25. The molecule has 114 valence electrons. The second-order valence-corrected chi connectivity index (χ2v) is 7.53. The average Bonchev–Trinajstić information content (AvgIpc) is 2.95. The van der Waals surface area contributed by atoms with E-state index in [1.807, 2.05) is 12.1 Å². The lowest BCUT2D eigenvalue weighted by atomic mass is 9.49. The van der Waals surface area contributed by atoms with Crippen molar-refractivity contribution in [3.05, 3.63) is 24.2 Å². The highest BCUT2D eigenvalue weighted by atomic mass is 16.3. The number of nitrogens with one attached hydrogen (secondary N) is 2. The molecule has 0 atom stereocenters. The van der Waals surface area contributed by atoms with Crippen molar-refractivity contribution >= 4 is 6.03 Å². The molecule has 5 rings (SSSR count). The van der Waals surface area contributed by atoms with E-state index in [9.17, 15) is 4.79 Å². The van der Waals surface area contributed by atoms with E-state index in [4.69, 9.17) is 4.42 Å². The molecule has 1 aromatic rings. The molecule has 0 unspecified atom stereocenters. The van der Waals surface area contributed by atoms with Gasteiger partial charge in [-0.15, -0.1) is 0 Å². The third kappa shape index (κ3) is 2.68. The van der Waals surface area contributed by atoms with Gasteiger partial charge in [-0.1, -0.05) is 0 Å². The van der Waals surface area contributed by atoms with Crippen LogP contribution in [0, 0.1) is 23.2 Å². The van der Waals surface area contributed by atoms with Crippen LogP contribution in [0.4, 0.5) is 4.79 Å².